The molecule has 0 heterocycles. The van der Waals surface area contributed by atoms with Gasteiger partial charge in [0, 0.05) is 0 Å². The molecule has 0 aliphatic rings. The van der Waals surface area contributed by atoms with Crippen LogP contribution in [0.2, 0.25) is 0 Å². The van der Waals surface area contributed by atoms with E-state index in [0.29, 0.717) is 16.4 Å². The molecule has 0 aromatic heterocycles. The maximum atomic E-state index is 12.6. The first kappa shape index (κ1) is 15.9. The molecule has 1 rings (SSSR count). The summed E-state index contributed by atoms with van der Waals surface area (Å²) >= 11 is 0. The Morgan fingerprint density at radius 3 is 2.21 bits per heavy atom. The maximum absolute atomic E-state index is 12.6. The standard InChI is InChI=1S/C13H19O5P/c1-5-17-19(15,18-6-2)12-8-7-11(9-10(12)3)13(14)16-4/h7-9H,5-6H2,1-4H3. The van der Waals surface area contributed by atoms with Gasteiger partial charge in [-0.25, -0.2) is 4.79 Å². The Bertz CT molecular complexity index is 488. The summed E-state index contributed by atoms with van der Waals surface area (Å²) in [6.45, 7) is 5.84. The molecule has 0 spiro atoms. The van der Waals surface area contributed by atoms with Crippen molar-refractivity contribution in [2.45, 2.75) is 20.8 Å². The molecule has 1 aromatic rings. The first-order valence-electron chi connectivity index (χ1n) is 6.07. The summed E-state index contributed by atoms with van der Waals surface area (Å²) in [6.07, 6.45) is 0. The lowest BCUT2D eigenvalue weighted by Gasteiger charge is -2.19. The van der Waals surface area contributed by atoms with Gasteiger partial charge in [0.25, 0.3) is 0 Å². The smallest absolute Gasteiger partial charge is 0.361 e. The molecule has 0 radical (unpaired) electrons. The minimum atomic E-state index is -3.32. The average molecular weight is 286 g/mol. The number of carbonyl (C=O) groups excluding carboxylic acids is 1. The minimum absolute atomic E-state index is 0.287. The zero-order valence-corrected chi connectivity index (χ0v) is 12.5. The Labute approximate surface area is 113 Å². The summed E-state index contributed by atoms with van der Waals surface area (Å²) < 4.78 is 27.8. The van der Waals surface area contributed by atoms with E-state index in [-0.39, 0.29) is 13.2 Å². The molecule has 0 fully saturated rings. The highest BCUT2D eigenvalue weighted by Crippen LogP contribution is 2.47. The third-order valence-corrected chi connectivity index (χ3v) is 4.80. The fourth-order valence-corrected chi connectivity index (χ4v) is 3.51. The highest BCUT2D eigenvalue weighted by molar-refractivity contribution is 7.62. The van der Waals surface area contributed by atoms with Crippen LogP contribution >= 0.6 is 7.60 Å². The molecule has 0 aliphatic heterocycles. The SMILES string of the molecule is CCOP(=O)(OCC)c1ccc(C(=O)OC)cc1C. The molecular formula is C13H19O5P. The molecule has 0 amide bonds. The van der Waals surface area contributed by atoms with Crippen LogP contribution in [0.1, 0.15) is 29.8 Å². The number of carbonyl (C=O) groups is 1. The van der Waals surface area contributed by atoms with Gasteiger partial charge in [-0.3, -0.25) is 4.57 Å². The number of hydrogen-bond acceptors (Lipinski definition) is 5. The van der Waals surface area contributed by atoms with Crippen molar-refractivity contribution in [2.75, 3.05) is 20.3 Å². The normalized spacial score (nSPS) is 11.4. The first-order chi connectivity index (χ1) is 8.98. The minimum Gasteiger partial charge on any atom is -0.465 e. The highest BCUT2D eigenvalue weighted by Gasteiger charge is 2.28. The summed E-state index contributed by atoms with van der Waals surface area (Å²) in [6, 6.07) is 4.76. The summed E-state index contributed by atoms with van der Waals surface area (Å²) in [5.41, 5.74) is 1.08. The number of aryl methyl sites for hydroxylation is 1. The van der Waals surface area contributed by atoms with Crippen LogP contribution in [0, 0.1) is 6.92 Å². The van der Waals surface area contributed by atoms with E-state index in [0.717, 1.165) is 0 Å². The molecule has 0 N–H and O–H groups in total. The molecule has 0 atom stereocenters. The van der Waals surface area contributed by atoms with Crippen LogP contribution in [0.5, 0.6) is 0 Å². The van der Waals surface area contributed by atoms with Crippen molar-refractivity contribution < 1.29 is 23.1 Å². The van der Waals surface area contributed by atoms with Crippen molar-refractivity contribution >= 4 is 18.9 Å². The number of hydrogen-bond donors (Lipinski definition) is 0. The van der Waals surface area contributed by atoms with Gasteiger partial charge >= 0.3 is 13.6 Å². The molecule has 6 heteroatoms. The second-order valence-corrected chi connectivity index (χ2v) is 5.82. The van der Waals surface area contributed by atoms with Crippen molar-refractivity contribution in [3.63, 3.8) is 0 Å². The van der Waals surface area contributed by atoms with E-state index in [9.17, 15) is 9.36 Å². The Balaban J connectivity index is 3.19. The molecule has 0 aliphatic carbocycles. The molecule has 1 aromatic carbocycles. The predicted octanol–water partition coefficient (Wildman–Crippen LogP) is 2.67. The van der Waals surface area contributed by atoms with Crippen molar-refractivity contribution in [1.29, 1.82) is 0 Å². The van der Waals surface area contributed by atoms with Crippen LogP contribution in [0.4, 0.5) is 0 Å². The molecule has 19 heavy (non-hydrogen) atoms. The predicted molar refractivity (Wildman–Crippen MR) is 73.0 cm³/mol. The van der Waals surface area contributed by atoms with Crippen molar-refractivity contribution in [3.8, 4) is 0 Å². The number of esters is 1. The summed E-state index contributed by atoms with van der Waals surface area (Å²) in [5.74, 6) is -0.433. The summed E-state index contributed by atoms with van der Waals surface area (Å²) in [5, 5.41) is 0.476. The van der Waals surface area contributed by atoms with E-state index < -0.39 is 13.6 Å². The lowest BCUT2D eigenvalue weighted by Crippen LogP contribution is -2.15. The quantitative estimate of drug-likeness (QED) is 0.594. The van der Waals surface area contributed by atoms with Crippen LogP contribution < -0.4 is 5.30 Å². The van der Waals surface area contributed by atoms with Gasteiger partial charge in [0.15, 0.2) is 0 Å². The fourth-order valence-electron chi connectivity index (χ4n) is 1.72. The number of benzene rings is 1. The van der Waals surface area contributed by atoms with E-state index in [4.69, 9.17) is 9.05 Å². The molecular weight excluding hydrogens is 267 g/mol. The van der Waals surface area contributed by atoms with Gasteiger partial charge in [0.1, 0.15) is 0 Å². The van der Waals surface area contributed by atoms with Gasteiger partial charge in [-0.1, -0.05) is 0 Å². The Hall–Kier alpha value is -1.16. The van der Waals surface area contributed by atoms with Gasteiger partial charge in [-0.05, 0) is 44.5 Å². The average Bonchev–Trinajstić information content (AvgIpc) is 2.38. The Kier molecular flexibility index (Phi) is 5.73. The number of ether oxygens (including phenoxy) is 1. The zero-order valence-electron chi connectivity index (χ0n) is 11.6. The lowest BCUT2D eigenvalue weighted by molar-refractivity contribution is 0.0600. The van der Waals surface area contributed by atoms with Gasteiger partial charge in [-0.2, -0.15) is 0 Å². The molecule has 5 nitrogen and oxygen atoms in total. The van der Waals surface area contributed by atoms with E-state index >= 15 is 0 Å². The van der Waals surface area contributed by atoms with Crippen LogP contribution in [-0.2, 0) is 18.3 Å². The lowest BCUT2D eigenvalue weighted by atomic mass is 10.1. The Morgan fingerprint density at radius 2 is 1.79 bits per heavy atom. The highest BCUT2D eigenvalue weighted by atomic mass is 31.2. The third kappa shape index (κ3) is 3.66. The largest absolute Gasteiger partial charge is 0.465 e. The third-order valence-electron chi connectivity index (χ3n) is 2.51. The molecule has 0 bridgehead atoms. The Morgan fingerprint density at radius 1 is 1.21 bits per heavy atom. The van der Waals surface area contributed by atoms with Gasteiger partial charge < -0.3 is 13.8 Å². The summed E-state index contributed by atoms with van der Waals surface area (Å²) in [4.78, 5) is 11.4. The van der Waals surface area contributed by atoms with Crippen molar-refractivity contribution in [2.24, 2.45) is 0 Å². The molecule has 106 valence electrons. The monoisotopic (exact) mass is 286 g/mol. The van der Waals surface area contributed by atoms with Gasteiger partial charge in [-0.15, -0.1) is 0 Å². The van der Waals surface area contributed by atoms with Crippen LogP contribution in [0.3, 0.4) is 0 Å². The van der Waals surface area contributed by atoms with E-state index in [2.05, 4.69) is 4.74 Å². The number of methoxy groups -OCH3 is 1. The number of rotatable bonds is 6. The van der Waals surface area contributed by atoms with Crippen LogP contribution in [-0.4, -0.2) is 26.3 Å². The topological polar surface area (TPSA) is 61.8 Å². The van der Waals surface area contributed by atoms with Crippen LogP contribution in [0.25, 0.3) is 0 Å². The van der Waals surface area contributed by atoms with Crippen molar-refractivity contribution in [3.05, 3.63) is 29.3 Å². The first-order valence-corrected chi connectivity index (χ1v) is 7.61. The van der Waals surface area contributed by atoms with E-state index in [1.165, 1.54) is 7.11 Å². The van der Waals surface area contributed by atoms with E-state index in [1.54, 1.807) is 39.0 Å². The molecule has 0 unspecified atom stereocenters. The van der Waals surface area contributed by atoms with Crippen LogP contribution in [0.15, 0.2) is 18.2 Å². The second-order valence-electron chi connectivity index (χ2n) is 3.83. The zero-order chi connectivity index (χ0) is 14.5. The fraction of sp³-hybridized carbons (Fsp3) is 0.462. The van der Waals surface area contributed by atoms with Crippen molar-refractivity contribution in [1.82, 2.24) is 0 Å². The van der Waals surface area contributed by atoms with E-state index in [1.807, 2.05) is 0 Å². The molecule has 0 saturated heterocycles. The molecule has 0 saturated carbocycles. The second kappa shape index (κ2) is 6.85. The van der Waals surface area contributed by atoms with Gasteiger partial charge in [0.05, 0.1) is 31.2 Å². The van der Waals surface area contributed by atoms with Gasteiger partial charge in [0.2, 0.25) is 0 Å². The maximum Gasteiger partial charge on any atom is 0.361 e. The summed E-state index contributed by atoms with van der Waals surface area (Å²) in [7, 11) is -2.00.